The van der Waals surface area contributed by atoms with Crippen molar-refractivity contribution in [2.75, 3.05) is 13.1 Å². The van der Waals surface area contributed by atoms with Gasteiger partial charge in [-0.1, -0.05) is 68.3 Å². The molecule has 2 aliphatic rings. The Morgan fingerprint density at radius 3 is 2.31 bits per heavy atom. The van der Waals surface area contributed by atoms with Crippen LogP contribution in [0.1, 0.15) is 64.9 Å². The third-order valence-electron chi connectivity index (χ3n) is 4.34. The first kappa shape index (κ1) is 22.2. The lowest BCUT2D eigenvalue weighted by Gasteiger charge is -2.12. The van der Waals surface area contributed by atoms with E-state index in [1.54, 1.807) is 0 Å². The van der Waals surface area contributed by atoms with Crippen molar-refractivity contribution in [3.63, 3.8) is 0 Å². The van der Waals surface area contributed by atoms with Crippen LogP contribution >= 0.6 is 0 Å². The van der Waals surface area contributed by atoms with E-state index in [2.05, 4.69) is 18.3 Å². The molecule has 0 atom stereocenters. The summed E-state index contributed by atoms with van der Waals surface area (Å²) in [6, 6.07) is 9.75. The maximum Gasteiger partial charge on any atom is 0.310 e. The van der Waals surface area contributed by atoms with Crippen LogP contribution in [0.5, 0.6) is 0 Å². The molecule has 1 aliphatic heterocycles. The minimum absolute atomic E-state index is 0.153. The summed E-state index contributed by atoms with van der Waals surface area (Å²) in [5, 5.41) is 3.28. The Bertz CT molecular complexity index is 545. The van der Waals surface area contributed by atoms with Gasteiger partial charge in [0.1, 0.15) is 6.61 Å². The molecule has 0 amide bonds. The second kappa shape index (κ2) is 14.3. The highest BCUT2D eigenvalue weighted by molar-refractivity contribution is 5.73. The largest absolute Gasteiger partial charge is 0.461 e. The normalized spacial score (nSPS) is 16.0. The number of nitrogens with one attached hydrogen (secondary N) is 1. The number of esters is 1. The van der Waals surface area contributed by atoms with E-state index in [1.807, 2.05) is 50.3 Å². The quantitative estimate of drug-likeness (QED) is 0.716. The Balaban J connectivity index is 0.000000353. The fourth-order valence-corrected chi connectivity index (χ4v) is 2.78. The Morgan fingerprint density at radius 1 is 1.08 bits per heavy atom. The van der Waals surface area contributed by atoms with Crippen LogP contribution in [-0.4, -0.2) is 19.1 Å². The Hall–Kier alpha value is -1.87. The number of carbonyl (C=O) groups excluding carboxylic acids is 1. The molecule has 3 nitrogen and oxygen atoms in total. The van der Waals surface area contributed by atoms with Crippen LogP contribution in [-0.2, 0) is 16.1 Å². The Morgan fingerprint density at radius 2 is 1.77 bits per heavy atom. The van der Waals surface area contributed by atoms with Gasteiger partial charge in [0, 0.05) is 0 Å². The minimum atomic E-state index is -0.153. The Labute approximate surface area is 159 Å². The average molecular weight is 358 g/mol. The van der Waals surface area contributed by atoms with E-state index in [4.69, 9.17) is 4.74 Å². The van der Waals surface area contributed by atoms with Gasteiger partial charge in [-0.15, -0.1) is 0 Å². The number of hydrogen-bond acceptors (Lipinski definition) is 3. The Kier molecular flexibility index (Phi) is 12.2. The standard InChI is InChI=1S/C16H18O2.C5H11N.C2H6/c1-13-7-5-6-10-15(13)11-16(17)18-12-14-8-3-2-4-9-14;1-2-4-6-5-3-1;1-2/h2-4,6,8-10H,5,7,11-12H2,1H3;6H,1-5H2;1-2H3. The van der Waals surface area contributed by atoms with Gasteiger partial charge in [0.25, 0.3) is 0 Å². The third-order valence-corrected chi connectivity index (χ3v) is 4.34. The molecule has 1 aliphatic carbocycles. The van der Waals surface area contributed by atoms with Crippen molar-refractivity contribution >= 4 is 5.97 Å². The molecule has 0 saturated carbocycles. The highest BCUT2D eigenvalue weighted by Gasteiger charge is 2.10. The molecular formula is C23H35NO2. The summed E-state index contributed by atoms with van der Waals surface area (Å²) in [4.78, 5) is 11.7. The molecule has 1 N–H and O–H groups in total. The number of benzene rings is 1. The van der Waals surface area contributed by atoms with Crippen molar-refractivity contribution in [3.8, 4) is 0 Å². The van der Waals surface area contributed by atoms with Crippen molar-refractivity contribution in [1.82, 2.24) is 5.32 Å². The molecule has 1 heterocycles. The molecule has 1 aromatic rings. The minimum Gasteiger partial charge on any atom is -0.461 e. The molecule has 1 aromatic carbocycles. The zero-order chi connectivity index (χ0) is 19.0. The van der Waals surface area contributed by atoms with E-state index in [0.717, 1.165) is 24.0 Å². The van der Waals surface area contributed by atoms with Crippen molar-refractivity contribution in [2.24, 2.45) is 0 Å². The number of ether oxygens (including phenoxy) is 1. The molecule has 0 bridgehead atoms. The molecule has 0 aromatic heterocycles. The second-order valence-corrected chi connectivity index (χ2v) is 6.38. The van der Waals surface area contributed by atoms with Gasteiger partial charge in [-0.25, -0.2) is 0 Å². The topological polar surface area (TPSA) is 38.3 Å². The van der Waals surface area contributed by atoms with Gasteiger partial charge in [-0.05, 0) is 56.8 Å². The first-order chi connectivity index (χ1) is 12.8. The first-order valence-corrected chi connectivity index (χ1v) is 10.0. The zero-order valence-corrected chi connectivity index (χ0v) is 16.7. The molecule has 3 rings (SSSR count). The van der Waals surface area contributed by atoms with Crippen molar-refractivity contribution in [2.45, 2.75) is 65.9 Å². The maximum atomic E-state index is 11.7. The first-order valence-electron chi connectivity index (χ1n) is 10.0. The van der Waals surface area contributed by atoms with Crippen LogP contribution in [0.2, 0.25) is 0 Å². The summed E-state index contributed by atoms with van der Waals surface area (Å²) in [6.45, 7) is 8.94. The summed E-state index contributed by atoms with van der Waals surface area (Å²) < 4.78 is 5.27. The molecule has 3 heteroatoms. The van der Waals surface area contributed by atoms with E-state index in [0.29, 0.717) is 13.0 Å². The molecule has 1 saturated heterocycles. The maximum absolute atomic E-state index is 11.7. The lowest BCUT2D eigenvalue weighted by Crippen LogP contribution is -2.21. The average Bonchev–Trinajstić information content (AvgIpc) is 2.72. The number of hydrogen-bond donors (Lipinski definition) is 1. The molecule has 0 unspecified atom stereocenters. The summed E-state index contributed by atoms with van der Waals surface area (Å²) >= 11 is 0. The van der Waals surface area contributed by atoms with Gasteiger partial charge in [-0.3, -0.25) is 4.79 Å². The number of allylic oxidation sites excluding steroid dienone is 3. The third kappa shape index (κ3) is 9.57. The van der Waals surface area contributed by atoms with Gasteiger partial charge in [0.05, 0.1) is 6.42 Å². The number of carbonyl (C=O) groups is 1. The molecule has 1 fully saturated rings. The van der Waals surface area contributed by atoms with E-state index < -0.39 is 0 Å². The summed E-state index contributed by atoms with van der Waals surface area (Å²) in [7, 11) is 0. The van der Waals surface area contributed by atoms with Gasteiger partial charge in [0.15, 0.2) is 0 Å². The van der Waals surface area contributed by atoms with Crippen LogP contribution in [0.4, 0.5) is 0 Å². The van der Waals surface area contributed by atoms with Crippen LogP contribution < -0.4 is 5.32 Å². The molecule has 0 spiro atoms. The predicted octanol–water partition coefficient (Wildman–Crippen LogP) is 5.57. The monoisotopic (exact) mass is 357 g/mol. The summed E-state index contributed by atoms with van der Waals surface area (Å²) in [6.07, 6.45) is 10.9. The van der Waals surface area contributed by atoms with Gasteiger partial charge >= 0.3 is 5.97 Å². The smallest absolute Gasteiger partial charge is 0.310 e. The van der Waals surface area contributed by atoms with Crippen molar-refractivity contribution < 1.29 is 9.53 Å². The summed E-state index contributed by atoms with van der Waals surface area (Å²) in [5.74, 6) is -0.153. The van der Waals surface area contributed by atoms with E-state index in [1.165, 1.54) is 37.9 Å². The van der Waals surface area contributed by atoms with Gasteiger partial charge in [0.2, 0.25) is 0 Å². The fourth-order valence-electron chi connectivity index (χ4n) is 2.78. The van der Waals surface area contributed by atoms with Crippen molar-refractivity contribution in [3.05, 3.63) is 59.2 Å². The van der Waals surface area contributed by atoms with Crippen LogP contribution in [0.3, 0.4) is 0 Å². The number of rotatable bonds is 4. The van der Waals surface area contributed by atoms with Crippen LogP contribution in [0.25, 0.3) is 0 Å². The second-order valence-electron chi connectivity index (χ2n) is 6.38. The highest BCUT2D eigenvalue weighted by Crippen LogP contribution is 2.21. The lowest BCUT2D eigenvalue weighted by molar-refractivity contribution is -0.144. The van der Waals surface area contributed by atoms with Crippen LogP contribution in [0.15, 0.2) is 53.6 Å². The number of piperidine rings is 1. The predicted molar refractivity (Wildman–Crippen MR) is 110 cm³/mol. The lowest BCUT2D eigenvalue weighted by atomic mass is 9.97. The van der Waals surface area contributed by atoms with Gasteiger partial charge in [-0.2, -0.15) is 0 Å². The zero-order valence-electron chi connectivity index (χ0n) is 16.7. The van der Waals surface area contributed by atoms with E-state index in [-0.39, 0.29) is 5.97 Å². The SMILES string of the molecule is C1CCNCC1.CC.CC1=C(CC(=O)OCc2ccccc2)C=CCC1. The summed E-state index contributed by atoms with van der Waals surface area (Å²) in [5.41, 5.74) is 3.43. The molecule has 26 heavy (non-hydrogen) atoms. The van der Waals surface area contributed by atoms with E-state index in [9.17, 15) is 4.79 Å². The molecule has 0 radical (unpaired) electrons. The van der Waals surface area contributed by atoms with Gasteiger partial charge < -0.3 is 10.1 Å². The molecule has 144 valence electrons. The van der Waals surface area contributed by atoms with E-state index >= 15 is 0 Å². The van der Waals surface area contributed by atoms with Crippen LogP contribution in [0, 0.1) is 0 Å². The van der Waals surface area contributed by atoms with Crippen molar-refractivity contribution in [1.29, 1.82) is 0 Å². The molecular weight excluding hydrogens is 322 g/mol. The highest BCUT2D eigenvalue weighted by atomic mass is 16.5. The fraction of sp³-hybridized carbons (Fsp3) is 0.522.